The normalized spacial score (nSPS) is 17.7. The summed E-state index contributed by atoms with van der Waals surface area (Å²) in [6.45, 7) is 0.798. The van der Waals surface area contributed by atoms with Gasteiger partial charge in [-0.05, 0) is 12.1 Å². The molecule has 1 unspecified atom stereocenters. The molecule has 0 radical (unpaired) electrons. The number of aliphatic carboxylic acids is 1. The van der Waals surface area contributed by atoms with Crippen LogP contribution in [0.1, 0.15) is 16.8 Å². The average Bonchev–Trinajstić information content (AvgIpc) is 3.05. The molecule has 1 aromatic carbocycles. The van der Waals surface area contributed by atoms with Gasteiger partial charge in [-0.1, -0.05) is 12.1 Å². The summed E-state index contributed by atoms with van der Waals surface area (Å²) < 4.78 is 6.92. The Hall–Kier alpha value is -3.20. The second kappa shape index (κ2) is 6.26. The summed E-state index contributed by atoms with van der Waals surface area (Å²) >= 11 is 0. The first-order chi connectivity index (χ1) is 12.5. The van der Waals surface area contributed by atoms with Crippen molar-refractivity contribution in [3.63, 3.8) is 0 Å². The minimum absolute atomic E-state index is 0.167. The summed E-state index contributed by atoms with van der Waals surface area (Å²) in [5.74, 6) is -1.29. The number of nitrogens with one attached hydrogen (secondary N) is 1. The standard InChI is InChI=1S/C17H16N4O5/c22-14(23)7-10-9-20(5-6-26-10)17(25)12-8-18-21-13-4-2-1-3-11(13)16(24)19-15(12)21/h1-4,8,10H,5-7,9H2,(H,19,24)(H,22,23). The molecule has 1 atom stereocenters. The van der Waals surface area contributed by atoms with Crippen LogP contribution in [0.2, 0.25) is 0 Å². The molecule has 1 saturated heterocycles. The molecule has 0 saturated carbocycles. The van der Waals surface area contributed by atoms with Gasteiger partial charge in [-0.25, -0.2) is 4.52 Å². The maximum atomic E-state index is 12.9. The number of carboxylic acids is 1. The number of aromatic amines is 1. The van der Waals surface area contributed by atoms with Gasteiger partial charge in [-0.2, -0.15) is 5.10 Å². The molecule has 3 heterocycles. The smallest absolute Gasteiger partial charge is 0.306 e. The number of aromatic nitrogens is 3. The Morgan fingerprint density at radius 1 is 1.35 bits per heavy atom. The summed E-state index contributed by atoms with van der Waals surface area (Å²) in [4.78, 5) is 40.3. The van der Waals surface area contributed by atoms with E-state index in [0.717, 1.165) is 0 Å². The molecule has 26 heavy (non-hydrogen) atoms. The lowest BCUT2D eigenvalue weighted by atomic mass is 10.2. The number of carboxylic acid groups (broad SMARTS) is 1. The van der Waals surface area contributed by atoms with Crippen LogP contribution in [0, 0.1) is 0 Å². The molecular formula is C17H16N4O5. The number of fused-ring (bicyclic) bond motifs is 3. The summed E-state index contributed by atoms with van der Waals surface area (Å²) in [5, 5.41) is 13.6. The van der Waals surface area contributed by atoms with Crippen molar-refractivity contribution in [1.29, 1.82) is 0 Å². The molecule has 3 aromatic rings. The van der Waals surface area contributed by atoms with E-state index in [1.165, 1.54) is 15.6 Å². The van der Waals surface area contributed by atoms with E-state index in [1.54, 1.807) is 24.3 Å². The van der Waals surface area contributed by atoms with E-state index in [-0.39, 0.29) is 36.6 Å². The van der Waals surface area contributed by atoms with Gasteiger partial charge in [0.25, 0.3) is 11.5 Å². The molecule has 2 N–H and O–H groups in total. The Labute approximate surface area is 146 Å². The van der Waals surface area contributed by atoms with Gasteiger partial charge >= 0.3 is 5.97 Å². The van der Waals surface area contributed by atoms with Crippen LogP contribution < -0.4 is 5.56 Å². The molecule has 9 heteroatoms. The summed E-state index contributed by atoms with van der Waals surface area (Å²) in [6, 6.07) is 7.00. The second-order valence-electron chi connectivity index (χ2n) is 6.13. The molecule has 1 aliphatic rings. The fraction of sp³-hybridized carbons (Fsp3) is 0.294. The van der Waals surface area contributed by atoms with Crippen LogP contribution in [0.5, 0.6) is 0 Å². The minimum Gasteiger partial charge on any atom is -0.481 e. The Morgan fingerprint density at radius 2 is 2.15 bits per heavy atom. The van der Waals surface area contributed by atoms with Gasteiger partial charge in [0, 0.05) is 13.1 Å². The molecule has 134 valence electrons. The van der Waals surface area contributed by atoms with E-state index in [9.17, 15) is 14.4 Å². The Bertz CT molecular complexity index is 1070. The molecule has 9 nitrogen and oxygen atoms in total. The largest absolute Gasteiger partial charge is 0.481 e. The van der Waals surface area contributed by atoms with Gasteiger partial charge < -0.3 is 19.7 Å². The Kier molecular flexibility index (Phi) is 3.92. The van der Waals surface area contributed by atoms with Gasteiger partial charge in [0.15, 0.2) is 0 Å². The maximum Gasteiger partial charge on any atom is 0.306 e. The summed E-state index contributed by atoms with van der Waals surface area (Å²) in [5.41, 5.74) is 0.896. The number of morpholine rings is 1. The van der Waals surface area contributed by atoms with Crippen molar-refractivity contribution < 1.29 is 19.4 Å². The Morgan fingerprint density at radius 3 is 2.96 bits per heavy atom. The lowest BCUT2D eigenvalue weighted by Gasteiger charge is -2.32. The van der Waals surface area contributed by atoms with Crippen molar-refractivity contribution in [2.75, 3.05) is 19.7 Å². The van der Waals surface area contributed by atoms with Crippen molar-refractivity contribution >= 4 is 28.4 Å². The third-order valence-corrected chi connectivity index (χ3v) is 4.44. The zero-order chi connectivity index (χ0) is 18.3. The zero-order valence-corrected chi connectivity index (χ0v) is 13.7. The zero-order valence-electron chi connectivity index (χ0n) is 13.7. The number of rotatable bonds is 3. The highest BCUT2D eigenvalue weighted by Gasteiger charge is 2.28. The van der Waals surface area contributed by atoms with E-state index in [2.05, 4.69) is 10.1 Å². The minimum atomic E-state index is -0.976. The number of hydrogen-bond donors (Lipinski definition) is 2. The van der Waals surface area contributed by atoms with Crippen LogP contribution in [-0.2, 0) is 9.53 Å². The number of H-pyrrole nitrogens is 1. The molecular weight excluding hydrogens is 340 g/mol. The first-order valence-corrected chi connectivity index (χ1v) is 8.16. The third kappa shape index (κ3) is 2.72. The summed E-state index contributed by atoms with van der Waals surface area (Å²) in [7, 11) is 0. The van der Waals surface area contributed by atoms with E-state index in [4.69, 9.17) is 9.84 Å². The van der Waals surface area contributed by atoms with Crippen molar-refractivity contribution in [2.24, 2.45) is 0 Å². The van der Waals surface area contributed by atoms with E-state index < -0.39 is 12.1 Å². The van der Waals surface area contributed by atoms with Crippen molar-refractivity contribution in [3.8, 4) is 0 Å². The van der Waals surface area contributed by atoms with Gasteiger partial charge in [0.05, 0.1) is 36.2 Å². The molecule has 0 aliphatic carbocycles. The Balaban J connectivity index is 1.71. The van der Waals surface area contributed by atoms with Crippen molar-refractivity contribution in [3.05, 3.63) is 46.4 Å². The molecule has 0 spiro atoms. The fourth-order valence-electron chi connectivity index (χ4n) is 3.23. The quantitative estimate of drug-likeness (QED) is 0.705. The molecule has 1 fully saturated rings. The molecule has 4 rings (SSSR count). The van der Waals surface area contributed by atoms with Crippen LogP contribution in [-0.4, -0.2) is 62.3 Å². The average molecular weight is 356 g/mol. The van der Waals surface area contributed by atoms with Crippen LogP contribution in [0.4, 0.5) is 0 Å². The number of carbonyl (C=O) groups excluding carboxylic acids is 1. The summed E-state index contributed by atoms with van der Waals surface area (Å²) in [6.07, 6.45) is 0.703. The third-order valence-electron chi connectivity index (χ3n) is 4.44. The second-order valence-corrected chi connectivity index (χ2v) is 6.13. The first kappa shape index (κ1) is 16.3. The number of benzene rings is 1. The van der Waals surface area contributed by atoms with E-state index in [1.807, 2.05) is 0 Å². The highest BCUT2D eigenvalue weighted by molar-refractivity contribution is 6.00. The highest BCUT2D eigenvalue weighted by Crippen LogP contribution is 2.18. The van der Waals surface area contributed by atoms with Gasteiger partial charge in [0.2, 0.25) is 0 Å². The van der Waals surface area contributed by atoms with E-state index >= 15 is 0 Å². The molecule has 1 aliphatic heterocycles. The highest BCUT2D eigenvalue weighted by atomic mass is 16.5. The predicted octanol–water partition coefficient (Wildman–Crippen LogP) is 0.491. The van der Waals surface area contributed by atoms with Crippen LogP contribution >= 0.6 is 0 Å². The predicted molar refractivity (Wildman–Crippen MR) is 91.2 cm³/mol. The number of para-hydroxylation sites is 1. The lowest BCUT2D eigenvalue weighted by molar-refractivity contribution is -0.141. The number of hydrogen-bond acceptors (Lipinski definition) is 5. The van der Waals surface area contributed by atoms with Gasteiger partial charge in [-0.15, -0.1) is 0 Å². The lowest BCUT2D eigenvalue weighted by Crippen LogP contribution is -2.46. The SMILES string of the molecule is O=C(O)CC1CN(C(=O)c2cnn3c2[nH]c(=O)c2ccccc23)CCO1. The number of nitrogens with zero attached hydrogens (tertiary/aromatic N) is 3. The van der Waals surface area contributed by atoms with Gasteiger partial charge in [0.1, 0.15) is 11.2 Å². The monoisotopic (exact) mass is 356 g/mol. The topological polar surface area (TPSA) is 117 Å². The first-order valence-electron chi connectivity index (χ1n) is 8.16. The van der Waals surface area contributed by atoms with Crippen LogP contribution in [0.3, 0.4) is 0 Å². The van der Waals surface area contributed by atoms with Gasteiger partial charge in [-0.3, -0.25) is 14.4 Å². The maximum absolute atomic E-state index is 12.9. The van der Waals surface area contributed by atoms with Crippen LogP contribution in [0.15, 0.2) is 35.3 Å². The number of ether oxygens (including phenoxy) is 1. The van der Waals surface area contributed by atoms with Crippen molar-refractivity contribution in [2.45, 2.75) is 12.5 Å². The van der Waals surface area contributed by atoms with Crippen molar-refractivity contribution in [1.82, 2.24) is 19.5 Å². The number of carbonyl (C=O) groups is 2. The molecule has 1 amide bonds. The molecule has 2 aromatic heterocycles. The van der Waals surface area contributed by atoms with Crippen LogP contribution in [0.25, 0.3) is 16.6 Å². The number of amides is 1. The van der Waals surface area contributed by atoms with E-state index in [0.29, 0.717) is 23.1 Å². The molecule has 0 bridgehead atoms. The fourth-order valence-corrected chi connectivity index (χ4v) is 3.23.